The second kappa shape index (κ2) is 34.6. The van der Waals surface area contributed by atoms with Crippen LogP contribution in [0.5, 0.6) is 0 Å². The Morgan fingerprint density at radius 3 is 0.921 bits per heavy atom. The number of hydrogen-bond donors (Lipinski definition) is 1. The monoisotopic (exact) mass is 554 g/mol. The van der Waals surface area contributed by atoms with Crippen molar-refractivity contribution in [2.24, 2.45) is 5.92 Å². The van der Waals surface area contributed by atoms with Gasteiger partial charge in [0.1, 0.15) is 0 Å². The lowest BCUT2D eigenvalue weighted by Crippen LogP contribution is -2.16. The molecule has 0 saturated heterocycles. The van der Waals surface area contributed by atoms with Gasteiger partial charge in [0.05, 0.1) is 119 Å². The summed E-state index contributed by atoms with van der Waals surface area (Å²) in [6.07, 6.45) is 7.62. The van der Waals surface area contributed by atoms with Gasteiger partial charge in [0, 0.05) is 6.61 Å². The van der Waals surface area contributed by atoms with Crippen molar-refractivity contribution in [3.63, 3.8) is 0 Å². The number of unbranched alkanes of at least 4 members (excludes halogenated alkanes) is 2. The van der Waals surface area contributed by atoms with Gasteiger partial charge >= 0.3 is 0 Å². The molecule has 0 heterocycles. The summed E-state index contributed by atoms with van der Waals surface area (Å²) < 4.78 is 49.1. The highest BCUT2D eigenvalue weighted by Gasteiger charge is 2.08. The Labute approximate surface area is 231 Å². The maximum absolute atomic E-state index is 8.57. The van der Waals surface area contributed by atoms with Crippen molar-refractivity contribution >= 4 is 0 Å². The molecule has 38 heavy (non-hydrogen) atoms. The average Bonchev–Trinajstić information content (AvgIpc) is 2.93. The van der Waals surface area contributed by atoms with E-state index in [0.717, 1.165) is 6.61 Å². The molecule has 230 valence electrons. The van der Waals surface area contributed by atoms with Crippen molar-refractivity contribution in [2.45, 2.75) is 52.4 Å². The number of rotatable bonds is 34. The third-order valence-electron chi connectivity index (χ3n) is 5.50. The predicted octanol–water partition coefficient (Wildman–Crippen LogP) is 3.12. The van der Waals surface area contributed by atoms with E-state index in [4.69, 9.17) is 47.7 Å². The first-order chi connectivity index (χ1) is 18.8. The molecular weight excluding hydrogens is 496 g/mol. The van der Waals surface area contributed by atoms with Gasteiger partial charge in [-0.1, -0.05) is 39.5 Å². The highest BCUT2D eigenvalue weighted by molar-refractivity contribution is 4.58. The van der Waals surface area contributed by atoms with Crippen LogP contribution < -0.4 is 0 Å². The summed E-state index contributed by atoms with van der Waals surface area (Å²) in [6.45, 7) is 14.3. The van der Waals surface area contributed by atoms with Gasteiger partial charge in [0.2, 0.25) is 0 Å². The van der Waals surface area contributed by atoms with Crippen molar-refractivity contribution in [2.75, 3.05) is 126 Å². The first kappa shape index (κ1) is 37.6. The topological polar surface area (TPSA) is 103 Å². The molecule has 0 amide bonds. The van der Waals surface area contributed by atoms with E-state index >= 15 is 0 Å². The first-order valence-corrected chi connectivity index (χ1v) is 14.7. The summed E-state index contributed by atoms with van der Waals surface area (Å²) in [4.78, 5) is 0. The molecule has 0 saturated carbocycles. The van der Waals surface area contributed by atoms with Gasteiger partial charge < -0.3 is 47.7 Å². The summed E-state index contributed by atoms with van der Waals surface area (Å²) >= 11 is 0. The Kier molecular flexibility index (Phi) is 34.3. The summed E-state index contributed by atoms with van der Waals surface area (Å²) in [5.74, 6) is 0.690. The molecule has 0 rings (SSSR count). The van der Waals surface area contributed by atoms with Crippen molar-refractivity contribution in [1.82, 2.24) is 0 Å². The van der Waals surface area contributed by atoms with Crippen molar-refractivity contribution in [1.29, 1.82) is 0 Å². The second-order valence-corrected chi connectivity index (χ2v) is 8.85. The molecule has 0 atom stereocenters. The lowest BCUT2D eigenvalue weighted by molar-refractivity contribution is -0.0262. The van der Waals surface area contributed by atoms with Crippen LogP contribution in [0.1, 0.15) is 52.4 Å². The van der Waals surface area contributed by atoms with Crippen molar-refractivity contribution in [3.05, 3.63) is 0 Å². The van der Waals surface area contributed by atoms with Gasteiger partial charge in [0.15, 0.2) is 0 Å². The van der Waals surface area contributed by atoms with E-state index in [2.05, 4.69) is 13.8 Å². The number of aliphatic hydroxyl groups is 1. The van der Waals surface area contributed by atoms with Crippen LogP contribution >= 0.6 is 0 Å². The van der Waals surface area contributed by atoms with E-state index in [0.29, 0.717) is 118 Å². The molecule has 10 heteroatoms. The summed E-state index contributed by atoms with van der Waals surface area (Å²) in [6, 6.07) is 0. The van der Waals surface area contributed by atoms with Crippen LogP contribution in [0.25, 0.3) is 0 Å². The van der Waals surface area contributed by atoms with Gasteiger partial charge in [-0.3, -0.25) is 0 Å². The third kappa shape index (κ3) is 31.8. The highest BCUT2D eigenvalue weighted by Crippen LogP contribution is 2.16. The molecule has 1 N–H and O–H groups in total. The largest absolute Gasteiger partial charge is 0.394 e. The Morgan fingerprint density at radius 2 is 0.658 bits per heavy atom. The molecule has 0 aromatic carbocycles. The minimum Gasteiger partial charge on any atom is -0.394 e. The lowest BCUT2D eigenvalue weighted by Gasteiger charge is -2.16. The molecule has 0 aromatic rings. The number of aliphatic hydroxyl groups excluding tert-OH is 1. The van der Waals surface area contributed by atoms with Gasteiger partial charge in [-0.2, -0.15) is 0 Å². The lowest BCUT2D eigenvalue weighted by atomic mass is 9.97. The number of hydrogen-bond acceptors (Lipinski definition) is 10. The van der Waals surface area contributed by atoms with Crippen LogP contribution in [0, 0.1) is 5.92 Å². The van der Waals surface area contributed by atoms with Crippen LogP contribution in [0.4, 0.5) is 0 Å². The van der Waals surface area contributed by atoms with Crippen molar-refractivity contribution in [3.8, 4) is 0 Å². The van der Waals surface area contributed by atoms with E-state index in [9.17, 15) is 0 Å². The summed E-state index contributed by atoms with van der Waals surface area (Å²) in [7, 11) is 0. The molecule has 0 aliphatic rings. The minimum atomic E-state index is 0.0321. The minimum absolute atomic E-state index is 0.0321. The average molecular weight is 555 g/mol. The molecule has 0 spiro atoms. The van der Waals surface area contributed by atoms with Crippen LogP contribution in [0.15, 0.2) is 0 Å². The molecule has 0 aromatic heterocycles. The Hall–Kier alpha value is -0.400. The number of ether oxygens (including phenoxy) is 9. The predicted molar refractivity (Wildman–Crippen MR) is 147 cm³/mol. The normalized spacial score (nSPS) is 11.7. The van der Waals surface area contributed by atoms with Crippen LogP contribution in [-0.2, 0) is 42.6 Å². The first-order valence-electron chi connectivity index (χ1n) is 14.7. The van der Waals surface area contributed by atoms with E-state index in [-0.39, 0.29) is 6.61 Å². The summed E-state index contributed by atoms with van der Waals surface area (Å²) in [5, 5.41) is 8.57. The maximum atomic E-state index is 8.57. The van der Waals surface area contributed by atoms with Crippen LogP contribution in [0.2, 0.25) is 0 Å². The van der Waals surface area contributed by atoms with Crippen molar-refractivity contribution < 1.29 is 47.7 Å². The van der Waals surface area contributed by atoms with Crippen LogP contribution in [-0.4, -0.2) is 131 Å². The molecule has 0 unspecified atom stereocenters. The standard InChI is InChI=1S/C28H58O10/c1-3-5-7-28(8-6-4-2)27-38-26-25-37-24-23-36-22-21-35-20-19-34-18-17-33-16-15-32-14-13-31-12-11-30-10-9-29/h28-29H,3-27H2,1-2H3. The fourth-order valence-corrected chi connectivity index (χ4v) is 3.37. The SMILES string of the molecule is CCCCC(CCCC)COCCOCCOCCOCCOCCOCCOCCOCCOCCO. The smallest absolute Gasteiger partial charge is 0.0701 e. The Morgan fingerprint density at radius 1 is 0.395 bits per heavy atom. The van der Waals surface area contributed by atoms with E-state index in [1.54, 1.807) is 0 Å². The third-order valence-corrected chi connectivity index (χ3v) is 5.50. The maximum Gasteiger partial charge on any atom is 0.0701 e. The Bertz CT molecular complexity index is 409. The zero-order valence-electron chi connectivity index (χ0n) is 24.4. The quantitative estimate of drug-likeness (QED) is 0.119. The van der Waals surface area contributed by atoms with E-state index in [1.165, 1.54) is 38.5 Å². The molecule has 0 radical (unpaired) electrons. The van der Waals surface area contributed by atoms with Gasteiger partial charge in [-0.25, -0.2) is 0 Å². The zero-order chi connectivity index (χ0) is 27.6. The molecular formula is C28H58O10. The summed E-state index contributed by atoms with van der Waals surface area (Å²) in [5.41, 5.74) is 0. The van der Waals surface area contributed by atoms with E-state index in [1.807, 2.05) is 0 Å². The van der Waals surface area contributed by atoms with Gasteiger partial charge in [-0.15, -0.1) is 0 Å². The fraction of sp³-hybridized carbons (Fsp3) is 1.00. The fourth-order valence-electron chi connectivity index (χ4n) is 3.37. The molecule has 0 aliphatic carbocycles. The molecule has 0 aliphatic heterocycles. The zero-order valence-corrected chi connectivity index (χ0v) is 24.4. The Balaban J connectivity index is 3.16. The molecule has 10 nitrogen and oxygen atoms in total. The molecule has 0 fully saturated rings. The van der Waals surface area contributed by atoms with Gasteiger partial charge in [0.25, 0.3) is 0 Å². The van der Waals surface area contributed by atoms with Crippen LogP contribution in [0.3, 0.4) is 0 Å². The highest BCUT2D eigenvalue weighted by atomic mass is 16.6. The second-order valence-electron chi connectivity index (χ2n) is 8.85. The molecule has 0 bridgehead atoms. The van der Waals surface area contributed by atoms with E-state index < -0.39 is 0 Å². The van der Waals surface area contributed by atoms with Gasteiger partial charge in [-0.05, 0) is 18.8 Å².